The van der Waals surface area contributed by atoms with Gasteiger partial charge in [-0.3, -0.25) is 9.59 Å². The molecule has 1 aromatic rings. The molecule has 0 N–H and O–H groups in total. The van der Waals surface area contributed by atoms with Crippen LogP contribution in [0.3, 0.4) is 0 Å². The topological polar surface area (TPSA) is 40.6 Å². The van der Waals surface area contributed by atoms with Crippen LogP contribution in [0.5, 0.6) is 0 Å². The monoisotopic (exact) mass is 356 g/mol. The quantitative estimate of drug-likeness (QED) is 0.785. The van der Waals surface area contributed by atoms with E-state index in [1.807, 2.05) is 0 Å². The number of carbonyl (C=O) groups is 2. The van der Waals surface area contributed by atoms with Crippen molar-refractivity contribution < 1.29 is 9.59 Å². The average Bonchev–Trinajstić information content (AvgIpc) is 2.60. The second-order valence-electron chi connectivity index (χ2n) is 8.21. The Morgan fingerprint density at radius 1 is 1.00 bits per heavy atom. The molecule has 4 heteroatoms. The van der Waals surface area contributed by atoms with Gasteiger partial charge in [-0.15, -0.1) is 0 Å². The van der Waals surface area contributed by atoms with Crippen LogP contribution in [0.25, 0.3) is 0 Å². The van der Waals surface area contributed by atoms with Crippen molar-refractivity contribution in [3.8, 4) is 0 Å². The fraction of sp³-hybridized carbons (Fsp3) is 0.636. The van der Waals surface area contributed by atoms with E-state index >= 15 is 0 Å². The van der Waals surface area contributed by atoms with Crippen molar-refractivity contribution >= 4 is 11.8 Å². The van der Waals surface area contributed by atoms with Crippen molar-refractivity contribution in [2.45, 2.75) is 51.4 Å². The standard InChI is InChI=1S/C22H32N2O2/c1-23(2)21(25)11-10-17-6-8-18(9-7-17)16-19-12-14-24(15-13-19)22(26)20-4-3-5-20/h6-9,19-20H,3-5,10-16H2,1-2H3. The largest absolute Gasteiger partial charge is 0.349 e. The molecular weight excluding hydrogens is 324 g/mol. The lowest BCUT2D eigenvalue weighted by Crippen LogP contribution is -2.43. The third kappa shape index (κ3) is 4.87. The molecule has 2 aliphatic rings. The zero-order chi connectivity index (χ0) is 18.5. The zero-order valence-electron chi connectivity index (χ0n) is 16.2. The first-order valence-corrected chi connectivity index (χ1v) is 10.1. The minimum Gasteiger partial charge on any atom is -0.349 e. The Hall–Kier alpha value is -1.84. The van der Waals surface area contributed by atoms with Gasteiger partial charge in [0.1, 0.15) is 0 Å². The third-order valence-electron chi connectivity index (χ3n) is 6.05. The number of likely N-dealkylation sites (tertiary alicyclic amines) is 1. The molecule has 1 aromatic carbocycles. The molecule has 26 heavy (non-hydrogen) atoms. The van der Waals surface area contributed by atoms with E-state index in [-0.39, 0.29) is 5.91 Å². The predicted molar refractivity (Wildman–Crippen MR) is 104 cm³/mol. The first-order valence-electron chi connectivity index (χ1n) is 10.1. The van der Waals surface area contributed by atoms with Crippen LogP contribution in [0.2, 0.25) is 0 Å². The molecule has 0 spiro atoms. The lowest BCUT2D eigenvalue weighted by atomic mass is 9.83. The first kappa shape index (κ1) is 18.9. The highest BCUT2D eigenvalue weighted by Gasteiger charge is 2.31. The molecule has 2 fully saturated rings. The van der Waals surface area contributed by atoms with Crippen LogP contribution in [0.4, 0.5) is 0 Å². The Kier molecular flexibility index (Phi) is 6.33. The molecule has 1 heterocycles. The molecule has 1 saturated carbocycles. The van der Waals surface area contributed by atoms with E-state index in [0.29, 0.717) is 24.2 Å². The summed E-state index contributed by atoms with van der Waals surface area (Å²) in [5.41, 5.74) is 2.60. The summed E-state index contributed by atoms with van der Waals surface area (Å²) in [5, 5.41) is 0. The number of hydrogen-bond donors (Lipinski definition) is 0. The van der Waals surface area contributed by atoms with E-state index in [4.69, 9.17) is 0 Å². The van der Waals surface area contributed by atoms with Crippen LogP contribution >= 0.6 is 0 Å². The Labute approximate surface area is 157 Å². The summed E-state index contributed by atoms with van der Waals surface area (Å²) >= 11 is 0. The second-order valence-corrected chi connectivity index (χ2v) is 8.21. The molecule has 0 atom stereocenters. The highest BCUT2D eigenvalue weighted by molar-refractivity contribution is 5.79. The Morgan fingerprint density at radius 3 is 2.15 bits per heavy atom. The molecule has 0 unspecified atom stereocenters. The summed E-state index contributed by atoms with van der Waals surface area (Å²) < 4.78 is 0. The fourth-order valence-corrected chi connectivity index (χ4v) is 3.92. The van der Waals surface area contributed by atoms with Gasteiger partial charge < -0.3 is 9.80 Å². The third-order valence-corrected chi connectivity index (χ3v) is 6.05. The van der Waals surface area contributed by atoms with E-state index in [9.17, 15) is 9.59 Å². The SMILES string of the molecule is CN(C)C(=O)CCc1ccc(CC2CCN(C(=O)C3CCC3)CC2)cc1. The second kappa shape index (κ2) is 8.70. The van der Waals surface area contributed by atoms with Crippen LogP contribution < -0.4 is 0 Å². The number of piperidine rings is 1. The van der Waals surface area contributed by atoms with Crippen LogP contribution in [-0.4, -0.2) is 48.8 Å². The predicted octanol–water partition coefficient (Wildman–Crippen LogP) is 3.29. The summed E-state index contributed by atoms with van der Waals surface area (Å²) in [6.07, 6.45) is 8.15. The molecule has 1 aliphatic heterocycles. The van der Waals surface area contributed by atoms with Crippen LogP contribution in [0, 0.1) is 11.8 Å². The summed E-state index contributed by atoms with van der Waals surface area (Å²) in [6, 6.07) is 8.74. The van der Waals surface area contributed by atoms with Gasteiger partial charge in [0.05, 0.1) is 0 Å². The molecule has 3 rings (SSSR count). The minimum absolute atomic E-state index is 0.178. The Bertz CT molecular complexity index is 612. The molecule has 0 radical (unpaired) electrons. The van der Waals surface area contributed by atoms with Gasteiger partial charge in [0.15, 0.2) is 0 Å². The van der Waals surface area contributed by atoms with Gasteiger partial charge in [0.25, 0.3) is 0 Å². The maximum absolute atomic E-state index is 12.3. The van der Waals surface area contributed by atoms with Crippen LogP contribution in [-0.2, 0) is 22.4 Å². The van der Waals surface area contributed by atoms with Gasteiger partial charge in [-0.05, 0) is 55.6 Å². The average molecular weight is 357 g/mol. The summed E-state index contributed by atoms with van der Waals surface area (Å²) in [7, 11) is 3.60. The highest BCUT2D eigenvalue weighted by atomic mass is 16.2. The van der Waals surface area contributed by atoms with Crippen molar-refractivity contribution in [1.82, 2.24) is 9.80 Å². The summed E-state index contributed by atoms with van der Waals surface area (Å²) in [5.74, 6) is 1.60. The maximum atomic E-state index is 12.3. The van der Waals surface area contributed by atoms with Crippen molar-refractivity contribution in [3.05, 3.63) is 35.4 Å². The summed E-state index contributed by atoms with van der Waals surface area (Å²) in [4.78, 5) is 27.8. The van der Waals surface area contributed by atoms with Gasteiger partial charge in [-0.2, -0.15) is 0 Å². The van der Waals surface area contributed by atoms with Gasteiger partial charge in [-0.1, -0.05) is 30.7 Å². The smallest absolute Gasteiger partial charge is 0.225 e. The number of hydrogen-bond acceptors (Lipinski definition) is 2. The van der Waals surface area contributed by atoms with Crippen molar-refractivity contribution in [3.63, 3.8) is 0 Å². The molecular formula is C22H32N2O2. The number of amides is 2. The molecule has 1 saturated heterocycles. The van der Waals surface area contributed by atoms with Crippen LogP contribution in [0.15, 0.2) is 24.3 Å². The molecule has 1 aliphatic carbocycles. The minimum atomic E-state index is 0.178. The number of benzene rings is 1. The van der Waals surface area contributed by atoms with Crippen LogP contribution in [0.1, 0.15) is 49.7 Å². The lowest BCUT2D eigenvalue weighted by molar-refractivity contribution is -0.139. The molecule has 4 nitrogen and oxygen atoms in total. The Balaban J connectivity index is 1.42. The fourth-order valence-electron chi connectivity index (χ4n) is 3.92. The number of aryl methyl sites for hydroxylation is 1. The van der Waals surface area contributed by atoms with E-state index in [0.717, 1.165) is 51.6 Å². The lowest BCUT2D eigenvalue weighted by Gasteiger charge is -2.36. The van der Waals surface area contributed by atoms with Gasteiger partial charge in [0.2, 0.25) is 11.8 Å². The van der Waals surface area contributed by atoms with E-state index < -0.39 is 0 Å². The van der Waals surface area contributed by atoms with Gasteiger partial charge in [0, 0.05) is 39.5 Å². The molecule has 0 bridgehead atoms. The first-order chi connectivity index (χ1) is 12.5. The van der Waals surface area contributed by atoms with Crippen molar-refractivity contribution in [2.24, 2.45) is 11.8 Å². The Morgan fingerprint density at radius 2 is 1.62 bits per heavy atom. The van der Waals surface area contributed by atoms with Crippen molar-refractivity contribution in [1.29, 1.82) is 0 Å². The maximum Gasteiger partial charge on any atom is 0.225 e. The zero-order valence-corrected chi connectivity index (χ0v) is 16.2. The molecule has 142 valence electrons. The van der Waals surface area contributed by atoms with Gasteiger partial charge in [-0.25, -0.2) is 0 Å². The number of rotatable bonds is 6. The highest BCUT2D eigenvalue weighted by Crippen LogP contribution is 2.30. The van der Waals surface area contributed by atoms with E-state index in [1.54, 1.807) is 19.0 Å². The van der Waals surface area contributed by atoms with Gasteiger partial charge >= 0.3 is 0 Å². The summed E-state index contributed by atoms with van der Waals surface area (Å²) in [6.45, 7) is 1.87. The number of carbonyl (C=O) groups excluding carboxylic acids is 2. The molecule has 0 aromatic heterocycles. The van der Waals surface area contributed by atoms with Crippen molar-refractivity contribution in [2.75, 3.05) is 27.2 Å². The normalized spacial score (nSPS) is 18.5. The molecule has 2 amide bonds. The van der Waals surface area contributed by atoms with E-state index in [2.05, 4.69) is 29.2 Å². The van der Waals surface area contributed by atoms with E-state index in [1.165, 1.54) is 17.5 Å². The number of nitrogens with zero attached hydrogens (tertiary/aromatic N) is 2.